The molecule has 2 N–H and O–H groups in total. The molecule has 2 aliphatic heterocycles. The molecule has 0 spiro atoms. The highest BCUT2D eigenvalue weighted by Gasteiger charge is 2.32. The molecule has 6 nitrogen and oxygen atoms in total. The molecule has 6 heteroatoms. The smallest absolute Gasteiger partial charge is 0.243 e. The van der Waals surface area contributed by atoms with Gasteiger partial charge in [-0.05, 0) is 29.7 Å². The molecule has 3 rings (SSSR count). The minimum absolute atomic E-state index is 0.203. The number of piperidine rings is 1. The summed E-state index contributed by atoms with van der Waals surface area (Å²) in [6.07, 6.45) is 0.849. The molecule has 0 radical (unpaired) electrons. The molecular formula is C14H16N2O4. The Balaban J connectivity index is 1.81. The van der Waals surface area contributed by atoms with E-state index < -0.39 is 0 Å². The summed E-state index contributed by atoms with van der Waals surface area (Å²) in [6.45, 7) is 1.32. The Hall–Kier alpha value is -1.92. The van der Waals surface area contributed by atoms with Gasteiger partial charge >= 0.3 is 0 Å². The summed E-state index contributed by atoms with van der Waals surface area (Å²) < 4.78 is 5.58. The van der Waals surface area contributed by atoms with Crippen molar-refractivity contribution >= 4 is 11.8 Å². The third-order valence-corrected chi connectivity index (χ3v) is 3.73. The first-order valence-corrected chi connectivity index (χ1v) is 6.60. The van der Waals surface area contributed by atoms with E-state index in [1.807, 2.05) is 11.0 Å². The van der Waals surface area contributed by atoms with Crippen molar-refractivity contribution in [1.82, 2.24) is 10.2 Å². The summed E-state index contributed by atoms with van der Waals surface area (Å²) in [4.78, 5) is 25.0. The van der Waals surface area contributed by atoms with Crippen LogP contribution in [-0.2, 0) is 27.5 Å². The number of fused-ring (bicyclic) bond motifs is 1. The molecule has 1 unspecified atom stereocenters. The third kappa shape index (κ3) is 2.52. The van der Waals surface area contributed by atoms with Crippen molar-refractivity contribution in [3.63, 3.8) is 0 Å². The maximum Gasteiger partial charge on any atom is 0.243 e. The van der Waals surface area contributed by atoms with E-state index in [1.54, 1.807) is 12.1 Å². The Kier molecular flexibility index (Phi) is 3.42. The summed E-state index contributed by atoms with van der Waals surface area (Å²) >= 11 is 0. The Morgan fingerprint density at radius 1 is 1.30 bits per heavy atom. The maximum absolute atomic E-state index is 11.9. The summed E-state index contributed by atoms with van der Waals surface area (Å²) in [5, 5.41) is 11.9. The van der Waals surface area contributed by atoms with E-state index in [0.717, 1.165) is 11.1 Å². The summed E-state index contributed by atoms with van der Waals surface area (Å²) in [5.74, 6) is -0.289. The second-order valence-corrected chi connectivity index (χ2v) is 5.14. The van der Waals surface area contributed by atoms with Crippen LogP contribution in [0.5, 0.6) is 5.75 Å². The van der Waals surface area contributed by atoms with Crippen LogP contribution in [0.4, 0.5) is 0 Å². The van der Waals surface area contributed by atoms with Gasteiger partial charge in [0.1, 0.15) is 12.5 Å². The highest BCUT2D eigenvalue weighted by atomic mass is 16.5. The van der Waals surface area contributed by atoms with E-state index >= 15 is 0 Å². The number of nitrogens with zero attached hydrogens (tertiary/aromatic N) is 1. The van der Waals surface area contributed by atoms with E-state index in [9.17, 15) is 14.7 Å². The lowest BCUT2D eigenvalue weighted by Crippen LogP contribution is -2.52. The minimum Gasteiger partial charge on any atom is -0.508 e. The van der Waals surface area contributed by atoms with E-state index in [4.69, 9.17) is 4.74 Å². The predicted octanol–water partition coefficient (Wildman–Crippen LogP) is 0.487. The number of benzene rings is 1. The van der Waals surface area contributed by atoms with Crippen LogP contribution >= 0.6 is 0 Å². The lowest BCUT2D eigenvalue weighted by Gasteiger charge is -2.31. The van der Waals surface area contributed by atoms with E-state index in [0.29, 0.717) is 32.7 Å². The molecule has 2 amide bonds. The van der Waals surface area contributed by atoms with Crippen LogP contribution in [0.2, 0.25) is 0 Å². The number of phenols is 1. The molecule has 2 heterocycles. The standard InChI is InChI=1S/C14H16N2O4/c17-11-2-1-9-7-20-8-16(6-10(9)5-11)12-3-4-13(18)15-14(12)19/h1-2,5,12,17H,3-4,6-8H2,(H,15,18,19). The first-order valence-electron chi connectivity index (χ1n) is 6.60. The molecule has 2 aliphatic rings. The number of nitrogens with one attached hydrogen (secondary N) is 1. The van der Waals surface area contributed by atoms with Crippen molar-refractivity contribution in [3.8, 4) is 5.75 Å². The van der Waals surface area contributed by atoms with Gasteiger partial charge in [-0.15, -0.1) is 0 Å². The summed E-state index contributed by atoms with van der Waals surface area (Å²) in [7, 11) is 0. The predicted molar refractivity (Wildman–Crippen MR) is 69.5 cm³/mol. The van der Waals surface area contributed by atoms with Gasteiger partial charge < -0.3 is 9.84 Å². The number of hydrogen-bond donors (Lipinski definition) is 2. The zero-order valence-electron chi connectivity index (χ0n) is 11.0. The van der Waals surface area contributed by atoms with Gasteiger partial charge in [-0.3, -0.25) is 19.8 Å². The van der Waals surface area contributed by atoms with E-state index in [-0.39, 0.29) is 23.6 Å². The SMILES string of the molecule is O=C1CCC(N2COCc3ccc(O)cc3C2)C(=O)N1. The van der Waals surface area contributed by atoms with Crippen molar-refractivity contribution < 1.29 is 19.4 Å². The van der Waals surface area contributed by atoms with Crippen molar-refractivity contribution in [2.45, 2.75) is 32.0 Å². The van der Waals surface area contributed by atoms with Crippen LogP contribution in [0.15, 0.2) is 18.2 Å². The number of amides is 2. The first-order chi connectivity index (χ1) is 9.63. The molecule has 20 heavy (non-hydrogen) atoms. The molecule has 0 bridgehead atoms. The van der Waals surface area contributed by atoms with Gasteiger partial charge in [0.2, 0.25) is 11.8 Å². The molecular weight excluding hydrogens is 260 g/mol. The van der Waals surface area contributed by atoms with Gasteiger partial charge in [0, 0.05) is 13.0 Å². The lowest BCUT2D eigenvalue weighted by atomic mass is 10.0. The maximum atomic E-state index is 11.9. The van der Waals surface area contributed by atoms with Gasteiger partial charge in [0.05, 0.1) is 12.6 Å². The van der Waals surface area contributed by atoms with Crippen molar-refractivity contribution in [3.05, 3.63) is 29.3 Å². The second kappa shape index (κ2) is 5.22. The largest absolute Gasteiger partial charge is 0.508 e. The normalized spacial score (nSPS) is 23.9. The van der Waals surface area contributed by atoms with Crippen LogP contribution in [0.3, 0.4) is 0 Å². The number of imide groups is 1. The number of rotatable bonds is 1. The monoisotopic (exact) mass is 276 g/mol. The fourth-order valence-electron chi connectivity index (χ4n) is 2.67. The summed E-state index contributed by atoms with van der Waals surface area (Å²) in [6, 6.07) is 4.80. The van der Waals surface area contributed by atoms with Crippen LogP contribution < -0.4 is 5.32 Å². The number of carbonyl (C=O) groups is 2. The number of aromatic hydroxyl groups is 1. The van der Waals surface area contributed by atoms with Gasteiger partial charge in [-0.2, -0.15) is 0 Å². The quantitative estimate of drug-likeness (QED) is 0.730. The van der Waals surface area contributed by atoms with E-state index in [1.165, 1.54) is 0 Å². The number of phenolic OH excluding ortho intramolecular Hbond substituents is 1. The number of carbonyl (C=O) groups excluding carboxylic acids is 2. The fourth-order valence-corrected chi connectivity index (χ4v) is 2.67. The van der Waals surface area contributed by atoms with Gasteiger partial charge in [-0.25, -0.2) is 0 Å². The van der Waals surface area contributed by atoms with Crippen LogP contribution in [0.1, 0.15) is 24.0 Å². The van der Waals surface area contributed by atoms with Gasteiger partial charge in [-0.1, -0.05) is 6.07 Å². The minimum atomic E-state index is -0.360. The Labute approximate surface area is 116 Å². The summed E-state index contributed by atoms with van der Waals surface area (Å²) in [5.41, 5.74) is 1.96. The van der Waals surface area contributed by atoms with Crippen molar-refractivity contribution in [1.29, 1.82) is 0 Å². The number of ether oxygens (including phenoxy) is 1. The fraction of sp³-hybridized carbons (Fsp3) is 0.429. The third-order valence-electron chi connectivity index (χ3n) is 3.73. The molecule has 1 saturated heterocycles. The number of hydrogen-bond acceptors (Lipinski definition) is 5. The highest BCUT2D eigenvalue weighted by molar-refractivity contribution is 6.00. The molecule has 1 fully saturated rings. The zero-order chi connectivity index (χ0) is 14.1. The van der Waals surface area contributed by atoms with Crippen molar-refractivity contribution in [2.24, 2.45) is 0 Å². The molecule has 0 aliphatic carbocycles. The lowest BCUT2D eigenvalue weighted by molar-refractivity contribution is -0.140. The molecule has 1 aromatic rings. The highest BCUT2D eigenvalue weighted by Crippen LogP contribution is 2.24. The molecule has 0 saturated carbocycles. The topological polar surface area (TPSA) is 78.9 Å². The van der Waals surface area contributed by atoms with Crippen molar-refractivity contribution in [2.75, 3.05) is 6.73 Å². The Bertz CT molecular complexity index is 558. The Morgan fingerprint density at radius 2 is 2.15 bits per heavy atom. The van der Waals surface area contributed by atoms with Gasteiger partial charge in [0.25, 0.3) is 0 Å². The molecule has 0 aromatic heterocycles. The zero-order valence-corrected chi connectivity index (χ0v) is 11.0. The van der Waals surface area contributed by atoms with Crippen LogP contribution in [0.25, 0.3) is 0 Å². The second-order valence-electron chi connectivity index (χ2n) is 5.14. The van der Waals surface area contributed by atoms with Gasteiger partial charge in [0.15, 0.2) is 0 Å². The molecule has 106 valence electrons. The Morgan fingerprint density at radius 3 is 2.95 bits per heavy atom. The molecule has 1 aromatic carbocycles. The molecule has 1 atom stereocenters. The van der Waals surface area contributed by atoms with Crippen LogP contribution in [-0.4, -0.2) is 34.6 Å². The van der Waals surface area contributed by atoms with Crippen LogP contribution in [0, 0.1) is 0 Å². The first kappa shape index (κ1) is 13.1. The average Bonchev–Trinajstić information content (AvgIpc) is 2.60. The average molecular weight is 276 g/mol. The van der Waals surface area contributed by atoms with E-state index in [2.05, 4.69) is 5.32 Å².